The summed E-state index contributed by atoms with van der Waals surface area (Å²) in [4.78, 5) is 39.8. The Kier molecular flexibility index (Phi) is 10.7. The van der Waals surface area contributed by atoms with Crippen molar-refractivity contribution >= 4 is 33.1 Å². The molecule has 18 heteroatoms. The van der Waals surface area contributed by atoms with Gasteiger partial charge in [-0.15, -0.1) is 0 Å². The summed E-state index contributed by atoms with van der Waals surface area (Å²) in [6.45, 7) is 15.0. The summed E-state index contributed by atoms with van der Waals surface area (Å²) in [5.74, 6) is -1.01. The number of hydrogen-bond acceptors (Lipinski definition) is 10. The summed E-state index contributed by atoms with van der Waals surface area (Å²) < 4.78 is 98.7. The number of alkyl halides is 3. The van der Waals surface area contributed by atoms with Crippen LogP contribution < -0.4 is 11.2 Å². The van der Waals surface area contributed by atoms with Crippen LogP contribution in [0.5, 0.6) is 0 Å². The average Bonchev–Trinajstić information content (AvgIpc) is 3.27. The molecule has 2 aliphatic rings. The summed E-state index contributed by atoms with van der Waals surface area (Å²) in [5, 5.41) is 0. The van der Waals surface area contributed by atoms with Crippen molar-refractivity contribution in [1.29, 1.82) is 0 Å². The van der Waals surface area contributed by atoms with Crippen molar-refractivity contribution in [3.05, 3.63) is 69.0 Å². The van der Waals surface area contributed by atoms with Gasteiger partial charge in [0.2, 0.25) is 0 Å². The van der Waals surface area contributed by atoms with Crippen molar-refractivity contribution in [2.24, 2.45) is 0 Å². The molecule has 0 aliphatic carbocycles. The largest absolute Gasteiger partial charge is 0.523 e. The van der Waals surface area contributed by atoms with E-state index in [0.717, 1.165) is 12.3 Å². The van der Waals surface area contributed by atoms with Gasteiger partial charge in [-0.05, 0) is 34.3 Å². The van der Waals surface area contributed by atoms with Crippen LogP contribution in [0.15, 0.2) is 52.2 Å². The number of fused-ring (bicyclic) bond motifs is 1. The summed E-state index contributed by atoms with van der Waals surface area (Å²) in [6.07, 6.45) is -5.85. The van der Waals surface area contributed by atoms with Crippen LogP contribution in [0.25, 0.3) is 0 Å². The number of nitrogens with zero attached hydrogens (tertiary/aromatic N) is 2. The van der Waals surface area contributed by atoms with E-state index in [4.69, 9.17) is 21.9 Å². The first-order valence-corrected chi connectivity index (χ1v) is 20.7. The molecule has 1 aromatic carbocycles. The van der Waals surface area contributed by atoms with Crippen LogP contribution in [0.2, 0.25) is 22.2 Å². The van der Waals surface area contributed by atoms with Crippen molar-refractivity contribution in [2.75, 3.05) is 6.61 Å². The summed E-state index contributed by atoms with van der Waals surface area (Å²) in [7, 11) is -13.0. The molecule has 2 saturated heterocycles. The topological polar surface area (TPSA) is 141 Å². The third-order valence-corrected chi connectivity index (χ3v) is 19.9. The van der Waals surface area contributed by atoms with E-state index < -0.39 is 74.4 Å². The van der Waals surface area contributed by atoms with E-state index in [1.807, 2.05) is 55.4 Å². The van der Waals surface area contributed by atoms with Gasteiger partial charge in [-0.3, -0.25) is 18.3 Å². The van der Waals surface area contributed by atoms with E-state index in [1.165, 1.54) is 24.3 Å². The molecular formula is C29H41F3N2O10SSi2. The third kappa shape index (κ3) is 6.75. The number of ether oxygens (including phenoxy) is 1. The fourth-order valence-electron chi connectivity index (χ4n) is 6.23. The second-order valence-electron chi connectivity index (χ2n) is 12.9. The van der Waals surface area contributed by atoms with E-state index in [9.17, 15) is 36.0 Å². The minimum absolute atomic E-state index is 0.0203. The summed E-state index contributed by atoms with van der Waals surface area (Å²) >= 11 is 0. The Hall–Kier alpha value is -2.46. The molecule has 1 aromatic heterocycles. The molecule has 0 radical (unpaired) electrons. The van der Waals surface area contributed by atoms with Gasteiger partial charge in [0.05, 0.1) is 6.61 Å². The van der Waals surface area contributed by atoms with E-state index in [1.54, 1.807) is 6.07 Å². The van der Waals surface area contributed by atoms with Gasteiger partial charge in [0.1, 0.15) is 12.2 Å². The fraction of sp³-hybridized carbons (Fsp3) is 0.621. The predicted molar refractivity (Wildman–Crippen MR) is 169 cm³/mol. The van der Waals surface area contributed by atoms with Gasteiger partial charge in [0.15, 0.2) is 12.3 Å². The summed E-state index contributed by atoms with van der Waals surface area (Å²) in [6, 6.07) is 8.23. The zero-order valence-corrected chi connectivity index (χ0v) is 30.2. The first-order valence-electron chi connectivity index (χ1n) is 15.3. The molecule has 2 aromatic rings. The van der Waals surface area contributed by atoms with Gasteiger partial charge in [-0.2, -0.15) is 26.2 Å². The van der Waals surface area contributed by atoms with Gasteiger partial charge in [-0.25, -0.2) is 4.79 Å². The molecular weight excluding hydrogens is 682 g/mol. The van der Waals surface area contributed by atoms with Gasteiger partial charge in [-0.1, -0.05) is 73.6 Å². The Labute approximate surface area is 273 Å². The Bertz CT molecular complexity index is 1660. The molecule has 12 nitrogen and oxygen atoms in total. The quantitative estimate of drug-likeness (QED) is 0.212. The second-order valence-corrected chi connectivity index (χ2v) is 23.3. The lowest BCUT2D eigenvalue weighted by Gasteiger charge is -2.51. The zero-order valence-electron chi connectivity index (χ0n) is 27.4. The van der Waals surface area contributed by atoms with E-state index in [0.29, 0.717) is 4.57 Å². The normalized spacial score (nSPS) is 24.8. The molecule has 2 aliphatic heterocycles. The lowest BCUT2D eigenvalue weighted by molar-refractivity contribution is -0.0711. The standard InChI is InChI=1S/C29H41F3N2O10SSi2/c1-17(2)46(18(3)4)40-16-22-24(43-47(44-46,19(5)6)20(7)8)25(42-45(38,39)29(30,31)32)27(41-22)33-15-14-23(35)34(28(33)37)26(36)21-12-10-9-11-13-21/h9-15,17-20,22,24-25,27H,16H2,1-8H3/t22-,24-,25-,27-/m1/s1. The van der Waals surface area contributed by atoms with Crippen LogP contribution >= 0.6 is 0 Å². The van der Waals surface area contributed by atoms with Crippen LogP contribution in [0.1, 0.15) is 72.0 Å². The number of halogens is 3. The van der Waals surface area contributed by atoms with Crippen LogP contribution in [0, 0.1) is 0 Å². The highest BCUT2D eigenvalue weighted by atomic mass is 32.2. The van der Waals surface area contributed by atoms with Gasteiger partial charge in [0, 0.05) is 17.8 Å². The number of hydrogen-bond donors (Lipinski definition) is 0. The lowest BCUT2D eigenvalue weighted by Crippen LogP contribution is -2.66. The molecule has 2 fully saturated rings. The van der Waals surface area contributed by atoms with E-state index in [-0.39, 0.29) is 38.9 Å². The Morgan fingerprint density at radius 1 is 0.915 bits per heavy atom. The van der Waals surface area contributed by atoms with Crippen molar-refractivity contribution in [3.8, 4) is 0 Å². The molecule has 0 saturated carbocycles. The lowest BCUT2D eigenvalue weighted by atomic mass is 10.1. The Morgan fingerprint density at radius 2 is 1.47 bits per heavy atom. The molecule has 0 bridgehead atoms. The van der Waals surface area contributed by atoms with Crippen LogP contribution in [-0.4, -0.2) is 71.0 Å². The van der Waals surface area contributed by atoms with E-state index in [2.05, 4.69) is 0 Å². The molecule has 47 heavy (non-hydrogen) atoms. The highest BCUT2D eigenvalue weighted by Gasteiger charge is 2.63. The number of carbonyl (C=O) groups is 1. The molecule has 0 unspecified atom stereocenters. The fourth-order valence-corrected chi connectivity index (χ4v) is 18.0. The maximum Gasteiger partial charge on any atom is 0.523 e. The van der Waals surface area contributed by atoms with Crippen molar-refractivity contribution in [3.63, 3.8) is 0 Å². The minimum atomic E-state index is -6.28. The van der Waals surface area contributed by atoms with Crippen molar-refractivity contribution in [2.45, 2.75) is 108 Å². The molecule has 3 heterocycles. The monoisotopic (exact) mass is 722 g/mol. The third-order valence-electron chi connectivity index (χ3n) is 8.65. The number of aromatic nitrogens is 2. The highest BCUT2D eigenvalue weighted by Crippen LogP contribution is 2.49. The molecule has 262 valence electrons. The van der Waals surface area contributed by atoms with Gasteiger partial charge >= 0.3 is 38.4 Å². The predicted octanol–water partition coefficient (Wildman–Crippen LogP) is 4.79. The first kappa shape index (κ1) is 37.4. The minimum Gasteiger partial charge on any atom is -0.414 e. The van der Waals surface area contributed by atoms with E-state index >= 15 is 0 Å². The molecule has 0 spiro atoms. The maximum absolute atomic E-state index is 13.8. The molecule has 0 N–H and O–H groups in total. The Balaban J connectivity index is 1.94. The Morgan fingerprint density at radius 3 is 1.98 bits per heavy atom. The number of rotatable bonds is 8. The molecule has 4 atom stereocenters. The van der Waals surface area contributed by atoms with Crippen molar-refractivity contribution in [1.82, 2.24) is 9.13 Å². The second kappa shape index (κ2) is 13.5. The SMILES string of the molecule is CC(C)[Si]1(C(C)C)OC[C@H]2O[C@@H](n3ccc(=O)n(C(=O)c4ccccc4)c3=O)[C@H](OS(=O)(=O)C(F)(F)F)[C@@H]2O[Si](C(C)C)(C(C)C)O1. The van der Waals surface area contributed by atoms with Crippen LogP contribution in [0.4, 0.5) is 13.2 Å². The molecule has 4 rings (SSSR count). The van der Waals surface area contributed by atoms with Gasteiger partial charge < -0.3 is 17.7 Å². The zero-order chi connectivity index (χ0) is 35.3. The van der Waals surface area contributed by atoms with Crippen LogP contribution in [0.3, 0.4) is 0 Å². The van der Waals surface area contributed by atoms with Gasteiger partial charge in [0.25, 0.3) is 11.5 Å². The highest BCUT2D eigenvalue weighted by molar-refractivity contribution is 7.87. The van der Waals surface area contributed by atoms with Crippen LogP contribution in [-0.2, 0) is 32.0 Å². The average molecular weight is 723 g/mol. The first-order chi connectivity index (χ1) is 21.7. The summed E-state index contributed by atoms with van der Waals surface area (Å²) in [5.41, 5.74) is -8.97. The van der Waals surface area contributed by atoms with Crippen molar-refractivity contribution < 1.29 is 48.3 Å². The smallest absolute Gasteiger partial charge is 0.414 e. The maximum atomic E-state index is 13.8. The number of benzene rings is 1. The molecule has 0 amide bonds. The number of carbonyl (C=O) groups excluding carboxylic acids is 1.